The van der Waals surface area contributed by atoms with Gasteiger partial charge >= 0.3 is 0 Å². The highest BCUT2D eigenvalue weighted by molar-refractivity contribution is 7.89. The lowest BCUT2D eigenvalue weighted by Crippen LogP contribution is -2.29. The third-order valence-electron chi connectivity index (χ3n) is 3.78. The quantitative estimate of drug-likeness (QED) is 0.689. The van der Waals surface area contributed by atoms with E-state index in [2.05, 4.69) is 10.0 Å². The average molecular weight is 310 g/mol. The normalized spacial score (nSPS) is 16.9. The number of sulfonamides is 1. The van der Waals surface area contributed by atoms with E-state index >= 15 is 0 Å². The maximum Gasteiger partial charge on any atom is 0.212 e. The van der Waals surface area contributed by atoms with Crippen molar-refractivity contribution in [2.45, 2.75) is 51.6 Å². The highest BCUT2D eigenvalue weighted by atomic mass is 32.2. The number of rotatable bonds is 9. The third kappa shape index (κ3) is 6.16. The fourth-order valence-corrected chi connectivity index (χ4v) is 3.64. The molecule has 0 aromatic heterocycles. The second-order valence-electron chi connectivity index (χ2n) is 6.00. The number of aryl methyl sites for hydroxylation is 1. The van der Waals surface area contributed by atoms with Crippen LogP contribution in [0.3, 0.4) is 0 Å². The Morgan fingerprint density at radius 3 is 2.48 bits per heavy atom. The van der Waals surface area contributed by atoms with E-state index < -0.39 is 10.0 Å². The van der Waals surface area contributed by atoms with Crippen LogP contribution in [0.4, 0.5) is 0 Å². The first-order valence-electron chi connectivity index (χ1n) is 7.76. The van der Waals surface area contributed by atoms with E-state index in [0.29, 0.717) is 12.5 Å². The van der Waals surface area contributed by atoms with Crippen LogP contribution in [0.25, 0.3) is 0 Å². The lowest BCUT2D eigenvalue weighted by atomic mass is 10.1. The van der Waals surface area contributed by atoms with E-state index in [9.17, 15) is 8.42 Å². The van der Waals surface area contributed by atoms with Gasteiger partial charge < -0.3 is 5.32 Å². The Morgan fingerprint density at radius 1 is 1.19 bits per heavy atom. The van der Waals surface area contributed by atoms with Crippen LogP contribution in [-0.2, 0) is 10.0 Å². The van der Waals surface area contributed by atoms with Gasteiger partial charge in [0.15, 0.2) is 0 Å². The molecule has 0 radical (unpaired) electrons. The molecule has 0 heterocycles. The van der Waals surface area contributed by atoms with Crippen LogP contribution in [-0.4, -0.2) is 26.8 Å². The molecule has 21 heavy (non-hydrogen) atoms. The number of benzene rings is 1. The predicted molar refractivity (Wildman–Crippen MR) is 86.8 cm³/mol. The zero-order valence-corrected chi connectivity index (χ0v) is 13.7. The highest BCUT2D eigenvalue weighted by Crippen LogP contribution is 2.18. The van der Waals surface area contributed by atoms with Crippen molar-refractivity contribution in [3.05, 3.63) is 35.4 Å². The summed E-state index contributed by atoms with van der Waals surface area (Å²) >= 11 is 0. The monoisotopic (exact) mass is 310 g/mol. The molecular weight excluding hydrogens is 284 g/mol. The molecule has 1 atom stereocenters. The summed E-state index contributed by atoms with van der Waals surface area (Å²) in [6.07, 6.45) is 4.16. The van der Waals surface area contributed by atoms with Gasteiger partial charge in [-0.2, -0.15) is 0 Å². The highest BCUT2D eigenvalue weighted by Gasteiger charge is 2.20. The SMILES string of the molecule is Cc1ccc(C(C)NS(=O)(=O)CCCCNC2CC2)cc1. The molecule has 0 bridgehead atoms. The lowest BCUT2D eigenvalue weighted by Gasteiger charge is -2.15. The fraction of sp³-hybridized carbons (Fsp3) is 0.625. The molecule has 5 heteroatoms. The number of hydrogen-bond acceptors (Lipinski definition) is 3. The second-order valence-corrected chi connectivity index (χ2v) is 7.88. The molecule has 4 nitrogen and oxygen atoms in total. The van der Waals surface area contributed by atoms with Gasteiger partial charge in [-0.25, -0.2) is 13.1 Å². The van der Waals surface area contributed by atoms with Gasteiger partial charge in [0.05, 0.1) is 5.75 Å². The predicted octanol–water partition coefficient (Wildman–Crippen LogP) is 2.51. The first-order valence-corrected chi connectivity index (χ1v) is 9.41. The Bertz CT molecular complexity index is 536. The summed E-state index contributed by atoms with van der Waals surface area (Å²) in [6, 6.07) is 8.47. The van der Waals surface area contributed by atoms with Crippen molar-refractivity contribution < 1.29 is 8.42 Å². The van der Waals surface area contributed by atoms with Crippen molar-refractivity contribution in [3.63, 3.8) is 0 Å². The summed E-state index contributed by atoms with van der Waals surface area (Å²) < 4.78 is 26.9. The lowest BCUT2D eigenvalue weighted by molar-refractivity contribution is 0.560. The van der Waals surface area contributed by atoms with Crippen LogP contribution in [0, 0.1) is 6.92 Å². The van der Waals surface area contributed by atoms with Gasteiger partial charge in [0, 0.05) is 12.1 Å². The minimum absolute atomic E-state index is 0.180. The summed E-state index contributed by atoms with van der Waals surface area (Å²) in [5.41, 5.74) is 2.18. The fourth-order valence-electron chi connectivity index (χ4n) is 2.26. The second kappa shape index (κ2) is 7.38. The van der Waals surface area contributed by atoms with Gasteiger partial charge in [-0.3, -0.25) is 0 Å². The Morgan fingerprint density at radius 2 is 1.86 bits per heavy atom. The summed E-state index contributed by atoms with van der Waals surface area (Å²) in [6.45, 7) is 4.83. The van der Waals surface area contributed by atoms with E-state index in [4.69, 9.17) is 0 Å². The molecule has 0 aliphatic heterocycles. The van der Waals surface area contributed by atoms with Crippen LogP contribution >= 0.6 is 0 Å². The molecule has 1 aliphatic rings. The van der Waals surface area contributed by atoms with E-state index in [1.807, 2.05) is 38.1 Å². The molecule has 2 N–H and O–H groups in total. The number of nitrogens with one attached hydrogen (secondary N) is 2. The van der Waals surface area contributed by atoms with E-state index in [1.165, 1.54) is 18.4 Å². The van der Waals surface area contributed by atoms with E-state index in [-0.39, 0.29) is 11.8 Å². The molecule has 1 fully saturated rings. The van der Waals surface area contributed by atoms with Crippen molar-refractivity contribution in [1.29, 1.82) is 0 Å². The summed E-state index contributed by atoms with van der Waals surface area (Å²) in [5.74, 6) is 0.204. The Kier molecular flexibility index (Phi) is 5.79. The first kappa shape index (κ1) is 16.5. The standard InChI is InChI=1S/C16H26N2O2S/c1-13-5-7-15(8-6-13)14(2)18-21(19,20)12-4-3-11-17-16-9-10-16/h5-8,14,16-18H,3-4,9-12H2,1-2H3. The van der Waals surface area contributed by atoms with E-state index in [1.54, 1.807) is 0 Å². The zero-order chi connectivity index (χ0) is 15.3. The van der Waals surface area contributed by atoms with Gasteiger partial charge in [0.1, 0.15) is 0 Å². The zero-order valence-electron chi connectivity index (χ0n) is 12.9. The van der Waals surface area contributed by atoms with Crippen molar-refractivity contribution >= 4 is 10.0 Å². The largest absolute Gasteiger partial charge is 0.314 e. The average Bonchev–Trinajstić information content (AvgIpc) is 3.22. The van der Waals surface area contributed by atoms with Crippen LogP contribution in [0.2, 0.25) is 0 Å². The molecule has 1 unspecified atom stereocenters. The molecule has 0 saturated heterocycles. The van der Waals surface area contributed by atoms with Crippen molar-refractivity contribution in [2.24, 2.45) is 0 Å². The van der Waals surface area contributed by atoms with Gasteiger partial charge in [-0.1, -0.05) is 29.8 Å². The molecule has 2 rings (SSSR count). The van der Waals surface area contributed by atoms with Crippen LogP contribution < -0.4 is 10.0 Å². The smallest absolute Gasteiger partial charge is 0.212 e. The minimum Gasteiger partial charge on any atom is -0.314 e. The number of hydrogen-bond donors (Lipinski definition) is 2. The summed E-state index contributed by atoms with van der Waals surface area (Å²) in [5, 5.41) is 3.40. The van der Waals surface area contributed by atoms with Crippen LogP contribution in [0.15, 0.2) is 24.3 Å². The van der Waals surface area contributed by atoms with Crippen LogP contribution in [0.1, 0.15) is 49.8 Å². The Balaban J connectivity index is 1.72. The molecule has 1 aliphatic carbocycles. The van der Waals surface area contributed by atoms with Crippen molar-refractivity contribution in [2.75, 3.05) is 12.3 Å². The van der Waals surface area contributed by atoms with Gasteiger partial charge in [-0.15, -0.1) is 0 Å². The summed E-state index contributed by atoms with van der Waals surface area (Å²) in [7, 11) is -3.20. The molecular formula is C16H26N2O2S. The van der Waals surface area contributed by atoms with Gasteiger partial charge in [0.25, 0.3) is 0 Å². The Hall–Kier alpha value is -0.910. The molecule has 0 amide bonds. The molecule has 118 valence electrons. The van der Waals surface area contributed by atoms with Gasteiger partial charge in [-0.05, 0) is 51.6 Å². The molecule has 0 spiro atoms. The Labute approximate surface area is 128 Å². The molecule has 1 saturated carbocycles. The van der Waals surface area contributed by atoms with Gasteiger partial charge in [0.2, 0.25) is 10.0 Å². The van der Waals surface area contributed by atoms with E-state index in [0.717, 1.165) is 18.5 Å². The van der Waals surface area contributed by atoms with Crippen molar-refractivity contribution in [1.82, 2.24) is 10.0 Å². The summed E-state index contributed by atoms with van der Waals surface area (Å²) in [4.78, 5) is 0. The van der Waals surface area contributed by atoms with Crippen LogP contribution in [0.5, 0.6) is 0 Å². The number of unbranched alkanes of at least 4 members (excludes halogenated alkanes) is 1. The molecule has 1 aromatic rings. The van der Waals surface area contributed by atoms with Crippen molar-refractivity contribution in [3.8, 4) is 0 Å². The third-order valence-corrected chi connectivity index (χ3v) is 5.32. The minimum atomic E-state index is -3.20. The maximum absolute atomic E-state index is 12.1. The molecule has 1 aromatic carbocycles. The maximum atomic E-state index is 12.1. The topological polar surface area (TPSA) is 58.2 Å². The first-order chi connectivity index (χ1) is 9.96.